The van der Waals surface area contributed by atoms with E-state index in [1.54, 1.807) is 42.5 Å². The molecule has 1 aliphatic heterocycles. The molecular formula is C18H15NO6. The van der Waals surface area contributed by atoms with Crippen LogP contribution in [-0.2, 0) is 4.79 Å². The maximum Gasteiger partial charge on any atom is 0.352 e. The smallest absolute Gasteiger partial charge is 0.352 e. The zero-order valence-electron chi connectivity index (χ0n) is 13.3. The standard InChI is InChI=1S/C18H15NO6/c1-23-14-5-3-2-4-12(14)17(20)19-13(18(21)22)8-11-6-7-15-16(9-11)25-10-24-15/h2-9H,10H2,1H3,(H,19,20)(H,21,22)/b13-8+. The lowest BCUT2D eigenvalue weighted by Crippen LogP contribution is -2.27. The predicted octanol–water partition coefficient (Wildman–Crippen LogP) is 2.28. The van der Waals surface area contributed by atoms with Gasteiger partial charge in [0.1, 0.15) is 11.4 Å². The van der Waals surface area contributed by atoms with Gasteiger partial charge in [-0.2, -0.15) is 0 Å². The van der Waals surface area contributed by atoms with Crippen LogP contribution >= 0.6 is 0 Å². The molecule has 25 heavy (non-hydrogen) atoms. The highest BCUT2D eigenvalue weighted by molar-refractivity contribution is 6.04. The molecule has 3 rings (SSSR count). The van der Waals surface area contributed by atoms with Crippen molar-refractivity contribution in [3.63, 3.8) is 0 Å². The summed E-state index contributed by atoms with van der Waals surface area (Å²) in [6.45, 7) is 0.124. The molecule has 0 fully saturated rings. The van der Waals surface area contributed by atoms with Crippen LogP contribution in [0, 0.1) is 0 Å². The van der Waals surface area contributed by atoms with Crippen LogP contribution in [0.15, 0.2) is 48.2 Å². The lowest BCUT2D eigenvalue weighted by molar-refractivity contribution is -0.132. The molecule has 2 aromatic rings. The number of hydrogen-bond donors (Lipinski definition) is 2. The minimum atomic E-state index is -1.26. The molecule has 7 heteroatoms. The number of amides is 1. The van der Waals surface area contributed by atoms with E-state index < -0.39 is 11.9 Å². The number of carbonyl (C=O) groups excluding carboxylic acids is 1. The van der Waals surface area contributed by atoms with Gasteiger partial charge in [0.05, 0.1) is 12.7 Å². The lowest BCUT2D eigenvalue weighted by atomic mass is 10.1. The number of carboxylic acids is 1. The lowest BCUT2D eigenvalue weighted by Gasteiger charge is -2.09. The molecule has 0 radical (unpaired) electrons. The van der Waals surface area contributed by atoms with Crippen molar-refractivity contribution in [2.24, 2.45) is 0 Å². The Bertz CT molecular complexity index is 858. The van der Waals surface area contributed by atoms with Crippen LogP contribution < -0.4 is 19.5 Å². The van der Waals surface area contributed by atoms with Crippen LogP contribution in [0.1, 0.15) is 15.9 Å². The van der Waals surface area contributed by atoms with Gasteiger partial charge in [-0.1, -0.05) is 18.2 Å². The third kappa shape index (κ3) is 3.55. The zero-order chi connectivity index (χ0) is 17.8. The summed E-state index contributed by atoms with van der Waals surface area (Å²) in [5.41, 5.74) is 0.527. The Morgan fingerprint density at radius 1 is 1.16 bits per heavy atom. The maximum atomic E-state index is 12.4. The average Bonchev–Trinajstić information content (AvgIpc) is 3.08. The fraction of sp³-hybridized carbons (Fsp3) is 0.111. The molecule has 0 spiro atoms. The molecule has 1 amide bonds. The van der Waals surface area contributed by atoms with Gasteiger partial charge in [0, 0.05) is 0 Å². The first-order valence-electron chi connectivity index (χ1n) is 7.37. The van der Waals surface area contributed by atoms with Gasteiger partial charge in [-0.25, -0.2) is 4.79 Å². The van der Waals surface area contributed by atoms with Crippen molar-refractivity contribution < 1.29 is 28.9 Å². The highest BCUT2D eigenvalue weighted by Crippen LogP contribution is 2.33. The van der Waals surface area contributed by atoms with Gasteiger partial charge >= 0.3 is 5.97 Å². The molecule has 0 saturated heterocycles. The van der Waals surface area contributed by atoms with E-state index in [1.165, 1.54) is 13.2 Å². The van der Waals surface area contributed by atoms with Crippen LogP contribution in [0.3, 0.4) is 0 Å². The maximum absolute atomic E-state index is 12.4. The van der Waals surface area contributed by atoms with Crippen molar-refractivity contribution in [1.82, 2.24) is 5.32 Å². The van der Waals surface area contributed by atoms with Gasteiger partial charge in [0.2, 0.25) is 6.79 Å². The molecule has 0 unspecified atom stereocenters. The van der Waals surface area contributed by atoms with E-state index in [0.717, 1.165) is 0 Å². The topological polar surface area (TPSA) is 94.1 Å². The third-order valence-corrected chi connectivity index (χ3v) is 3.54. The number of benzene rings is 2. The molecule has 0 aromatic heterocycles. The Morgan fingerprint density at radius 3 is 2.68 bits per heavy atom. The van der Waals surface area contributed by atoms with Gasteiger partial charge in [0.15, 0.2) is 11.5 Å². The zero-order valence-corrected chi connectivity index (χ0v) is 13.3. The van der Waals surface area contributed by atoms with Crippen molar-refractivity contribution >= 4 is 18.0 Å². The van der Waals surface area contributed by atoms with Gasteiger partial charge in [-0.3, -0.25) is 4.79 Å². The molecule has 128 valence electrons. The molecule has 0 bridgehead atoms. The van der Waals surface area contributed by atoms with Crippen molar-refractivity contribution in [3.05, 3.63) is 59.3 Å². The van der Waals surface area contributed by atoms with E-state index in [9.17, 15) is 14.7 Å². The number of methoxy groups -OCH3 is 1. The highest BCUT2D eigenvalue weighted by Gasteiger charge is 2.18. The van der Waals surface area contributed by atoms with Crippen LogP contribution in [0.5, 0.6) is 17.2 Å². The molecule has 1 aliphatic rings. The summed E-state index contributed by atoms with van der Waals surface area (Å²) >= 11 is 0. The highest BCUT2D eigenvalue weighted by atomic mass is 16.7. The van der Waals surface area contributed by atoms with E-state index in [0.29, 0.717) is 22.8 Å². The Morgan fingerprint density at radius 2 is 1.92 bits per heavy atom. The summed E-state index contributed by atoms with van der Waals surface area (Å²) in [5.74, 6) is -0.373. The number of carboxylic acid groups (broad SMARTS) is 1. The Balaban J connectivity index is 1.86. The van der Waals surface area contributed by atoms with Gasteiger partial charge in [-0.05, 0) is 35.9 Å². The Kier molecular flexibility index (Phi) is 4.56. The Labute approximate surface area is 143 Å². The van der Waals surface area contributed by atoms with Crippen molar-refractivity contribution in [1.29, 1.82) is 0 Å². The molecule has 2 N–H and O–H groups in total. The Hall–Kier alpha value is -3.48. The van der Waals surface area contributed by atoms with Gasteiger partial charge < -0.3 is 24.6 Å². The van der Waals surface area contributed by atoms with Crippen LogP contribution in [0.25, 0.3) is 6.08 Å². The number of carbonyl (C=O) groups is 2. The molecule has 1 heterocycles. The molecule has 2 aromatic carbocycles. The second-order valence-electron chi connectivity index (χ2n) is 5.13. The first-order chi connectivity index (χ1) is 12.1. The number of ether oxygens (including phenoxy) is 3. The van der Waals surface area contributed by atoms with Crippen molar-refractivity contribution in [3.8, 4) is 17.2 Å². The number of para-hydroxylation sites is 1. The molecular weight excluding hydrogens is 326 g/mol. The largest absolute Gasteiger partial charge is 0.496 e. The number of hydrogen-bond acceptors (Lipinski definition) is 5. The number of aliphatic carboxylic acids is 1. The second-order valence-corrected chi connectivity index (χ2v) is 5.13. The van der Waals surface area contributed by atoms with E-state index in [-0.39, 0.29) is 18.1 Å². The minimum absolute atomic E-state index is 0.124. The van der Waals surface area contributed by atoms with Gasteiger partial charge in [0.25, 0.3) is 5.91 Å². The molecule has 0 atom stereocenters. The summed E-state index contributed by atoms with van der Waals surface area (Å²) in [5, 5.41) is 11.8. The second kappa shape index (κ2) is 6.96. The van der Waals surface area contributed by atoms with E-state index in [2.05, 4.69) is 5.32 Å². The molecule has 7 nitrogen and oxygen atoms in total. The number of nitrogens with one attached hydrogen (secondary N) is 1. The van der Waals surface area contributed by atoms with E-state index >= 15 is 0 Å². The monoisotopic (exact) mass is 341 g/mol. The van der Waals surface area contributed by atoms with Gasteiger partial charge in [-0.15, -0.1) is 0 Å². The summed E-state index contributed by atoms with van der Waals surface area (Å²) in [6.07, 6.45) is 1.34. The van der Waals surface area contributed by atoms with Crippen molar-refractivity contribution in [2.45, 2.75) is 0 Å². The minimum Gasteiger partial charge on any atom is -0.496 e. The van der Waals surface area contributed by atoms with Crippen LogP contribution in [0.2, 0.25) is 0 Å². The number of rotatable bonds is 5. The summed E-state index contributed by atoms with van der Waals surface area (Å²) < 4.78 is 15.6. The summed E-state index contributed by atoms with van der Waals surface area (Å²) in [4.78, 5) is 23.9. The number of fused-ring (bicyclic) bond motifs is 1. The molecule has 0 aliphatic carbocycles. The summed E-state index contributed by atoms with van der Waals surface area (Å²) in [7, 11) is 1.44. The first kappa shape index (κ1) is 16.4. The summed E-state index contributed by atoms with van der Waals surface area (Å²) in [6, 6.07) is 11.5. The van der Waals surface area contributed by atoms with Crippen LogP contribution in [0.4, 0.5) is 0 Å². The quantitative estimate of drug-likeness (QED) is 0.811. The fourth-order valence-electron chi connectivity index (χ4n) is 2.34. The average molecular weight is 341 g/mol. The normalized spacial score (nSPS) is 12.6. The van der Waals surface area contributed by atoms with E-state index in [1.807, 2.05) is 0 Å². The fourth-order valence-corrected chi connectivity index (χ4v) is 2.34. The first-order valence-corrected chi connectivity index (χ1v) is 7.37. The van der Waals surface area contributed by atoms with Crippen molar-refractivity contribution in [2.75, 3.05) is 13.9 Å². The SMILES string of the molecule is COc1ccccc1C(=O)N/C(=C/c1ccc2c(c1)OCO2)C(=O)O. The third-order valence-electron chi connectivity index (χ3n) is 3.54. The van der Waals surface area contributed by atoms with Crippen LogP contribution in [-0.4, -0.2) is 30.9 Å². The molecule has 0 saturated carbocycles. The van der Waals surface area contributed by atoms with E-state index in [4.69, 9.17) is 14.2 Å². The predicted molar refractivity (Wildman–Crippen MR) is 88.6 cm³/mol.